The Kier molecular flexibility index (Phi) is 6.43. The molecule has 1 aliphatic heterocycles. The fourth-order valence-electron chi connectivity index (χ4n) is 4.87. The van der Waals surface area contributed by atoms with Crippen LogP contribution in [-0.4, -0.2) is 36.1 Å². The van der Waals surface area contributed by atoms with Gasteiger partial charge in [-0.3, -0.25) is 9.78 Å². The molecule has 1 saturated carbocycles. The minimum absolute atomic E-state index is 0.180. The van der Waals surface area contributed by atoms with E-state index in [2.05, 4.69) is 12.1 Å². The monoisotopic (exact) mass is 475 g/mol. The van der Waals surface area contributed by atoms with Crippen LogP contribution in [0.1, 0.15) is 56.7 Å². The number of methoxy groups -OCH3 is 1. The van der Waals surface area contributed by atoms with Crippen LogP contribution in [0, 0.1) is 5.82 Å². The van der Waals surface area contributed by atoms with E-state index in [0.717, 1.165) is 46.1 Å². The van der Waals surface area contributed by atoms with Crippen LogP contribution in [0.2, 0.25) is 0 Å². The molecule has 5 rings (SSSR count). The summed E-state index contributed by atoms with van der Waals surface area (Å²) < 4.78 is 30.7. The molecule has 2 aromatic carbocycles. The standard InChI is InChI=1S/C29H30FNO4/c1-29(2)34-21(16-22(35-29)17-26(32)33-3)14-15-24-27(18-10-12-20(30)13-11-18)23-6-4-5-7-25(23)31-28(24)19-8-9-19/h4-7,10-15,19,21-22H,8-9,16-17H2,1-3H3/b15-14-/t21?,22-/m1/s1. The van der Waals surface area contributed by atoms with Crippen LogP contribution in [-0.2, 0) is 19.0 Å². The number of rotatable bonds is 6. The lowest BCUT2D eigenvalue weighted by molar-refractivity contribution is -0.290. The number of aromatic nitrogens is 1. The predicted octanol–water partition coefficient (Wildman–Crippen LogP) is 6.40. The third kappa shape index (κ3) is 5.29. The summed E-state index contributed by atoms with van der Waals surface area (Å²) in [5.41, 5.74) is 5.04. The van der Waals surface area contributed by atoms with E-state index in [0.29, 0.717) is 12.3 Å². The number of nitrogens with zero attached hydrogens (tertiary/aromatic N) is 1. The Balaban J connectivity index is 1.58. The summed E-state index contributed by atoms with van der Waals surface area (Å²) >= 11 is 0. The van der Waals surface area contributed by atoms with Gasteiger partial charge in [0.25, 0.3) is 0 Å². The lowest BCUT2D eigenvalue weighted by atomic mass is 9.92. The van der Waals surface area contributed by atoms with Crippen molar-refractivity contribution in [1.82, 2.24) is 4.98 Å². The van der Waals surface area contributed by atoms with E-state index in [1.54, 1.807) is 0 Å². The van der Waals surface area contributed by atoms with Crippen LogP contribution in [0.3, 0.4) is 0 Å². The second kappa shape index (κ2) is 9.51. The summed E-state index contributed by atoms with van der Waals surface area (Å²) in [7, 11) is 1.38. The maximum absolute atomic E-state index is 13.8. The number of carbonyl (C=O) groups excluding carboxylic acids is 1. The molecule has 1 aromatic heterocycles. The number of benzene rings is 2. The van der Waals surface area contributed by atoms with Gasteiger partial charge in [-0.05, 0) is 50.5 Å². The second-order valence-electron chi connectivity index (χ2n) is 9.76. The summed E-state index contributed by atoms with van der Waals surface area (Å²) in [6.45, 7) is 3.71. The molecular formula is C29H30FNO4. The Labute approximate surface area is 204 Å². The molecule has 0 radical (unpaired) electrons. The number of para-hydroxylation sites is 1. The Morgan fingerprint density at radius 2 is 1.89 bits per heavy atom. The molecule has 1 aliphatic carbocycles. The Bertz CT molecular complexity index is 1260. The number of hydrogen-bond donors (Lipinski definition) is 0. The number of carbonyl (C=O) groups is 1. The molecule has 0 bridgehead atoms. The highest BCUT2D eigenvalue weighted by molar-refractivity contribution is 5.99. The fourth-order valence-corrected chi connectivity index (χ4v) is 4.87. The zero-order chi connectivity index (χ0) is 24.6. The van der Waals surface area contributed by atoms with Gasteiger partial charge < -0.3 is 14.2 Å². The van der Waals surface area contributed by atoms with E-state index >= 15 is 0 Å². The van der Waals surface area contributed by atoms with Crippen LogP contribution in [0.15, 0.2) is 54.6 Å². The van der Waals surface area contributed by atoms with Gasteiger partial charge in [0.05, 0.1) is 36.9 Å². The largest absolute Gasteiger partial charge is 0.469 e. The van der Waals surface area contributed by atoms with Crippen molar-refractivity contribution in [2.75, 3.05) is 7.11 Å². The summed E-state index contributed by atoms with van der Waals surface area (Å²) in [5.74, 6) is -0.977. The number of ether oxygens (including phenoxy) is 3. The van der Waals surface area contributed by atoms with Gasteiger partial charge in [-0.15, -0.1) is 0 Å². The maximum Gasteiger partial charge on any atom is 0.308 e. The van der Waals surface area contributed by atoms with Gasteiger partial charge >= 0.3 is 5.97 Å². The van der Waals surface area contributed by atoms with Gasteiger partial charge in [-0.1, -0.05) is 42.5 Å². The van der Waals surface area contributed by atoms with E-state index in [-0.39, 0.29) is 30.4 Å². The number of halogens is 1. The van der Waals surface area contributed by atoms with E-state index in [9.17, 15) is 9.18 Å². The maximum atomic E-state index is 13.8. The van der Waals surface area contributed by atoms with Gasteiger partial charge in [0.15, 0.2) is 5.79 Å². The van der Waals surface area contributed by atoms with E-state index < -0.39 is 5.79 Å². The third-order valence-electron chi connectivity index (χ3n) is 6.54. The van der Waals surface area contributed by atoms with Crippen molar-refractivity contribution >= 4 is 22.9 Å². The van der Waals surface area contributed by atoms with Crippen LogP contribution in [0.25, 0.3) is 28.1 Å². The molecule has 6 heteroatoms. The first kappa shape index (κ1) is 23.6. The zero-order valence-electron chi connectivity index (χ0n) is 20.3. The molecular weight excluding hydrogens is 445 g/mol. The summed E-state index contributed by atoms with van der Waals surface area (Å²) in [6.07, 6.45) is 6.53. The topological polar surface area (TPSA) is 57.7 Å². The molecule has 1 saturated heterocycles. The molecule has 2 fully saturated rings. The van der Waals surface area contributed by atoms with Crippen LogP contribution in [0.4, 0.5) is 4.39 Å². The first-order chi connectivity index (χ1) is 16.8. The number of fused-ring (bicyclic) bond motifs is 1. The Morgan fingerprint density at radius 1 is 1.14 bits per heavy atom. The van der Waals surface area contributed by atoms with Crippen LogP contribution in [0.5, 0.6) is 0 Å². The minimum Gasteiger partial charge on any atom is -0.469 e. The molecule has 0 spiro atoms. The average molecular weight is 476 g/mol. The molecule has 2 heterocycles. The molecule has 0 N–H and O–H groups in total. The van der Waals surface area contributed by atoms with Gasteiger partial charge in [0.2, 0.25) is 0 Å². The lowest BCUT2D eigenvalue weighted by Crippen LogP contribution is -2.44. The Morgan fingerprint density at radius 3 is 2.60 bits per heavy atom. The van der Waals surface area contributed by atoms with Crippen molar-refractivity contribution in [3.8, 4) is 11.1 Å². The van der Waals surface area contributed by atoms with Crippen molar-refractivity contribution in [2.24, 2.45) is 0 Å². The van der Waals surface area contributed by atoms with Crippen molar-refractivity contribution in [3.63, 3.8) is 0 Å². The molecule has 0 amide bonds. The highest BCUT2D eigenvalue weighted by Gasteiger charge is 2.36. The number of esters is 1. The SMILES string of the molecule is COC(=O)C[C@H]1CC(/C=C\c2c(C3CC3)nc3ccccc3c2-c2ccc(F)cc2)OC(C)(C)O1. The minimum atomic E-state index is -0.827. The van der Waals surface area contributed by atoms with Crippen LogP contribution < -0.4 is 0 Å². The first-order valence-corrected chi connectivity index (χ1v) is 12.1. The zero-order valence-corrected chi connectivity index (χ0v) is 20.3. The smallest absolute Gasteiger partial charge is 0.308 e. The van der Waals surface area contributed by atoms with Gasteiger partial charge in [-0.2, -0.15) is 0 Å². The van der Waals surface area contributed by atoms with E-state index in [4.69, 9.17) is 19.2 Å². The number of hydrogen-bond acceptors (Lipinski definition) is 5. The third-order valence-corrected chi connectivity index (χ3v) is 6.54. The van der Waals surface area contributed by atoms with Crippen molar-refractivity contribution < 1.29 is 23.4 Å². The van der Waals surface area contributed by atoms with E-state index in [1.807, 2.05) is 50.3 Å². The second-order valence-corrected chi connectivity index (χ2v) is 9.76. The van der Waals surface area contributed by atoms with Gasteiger partial charge in [0, 0.05) is 28.9 Å². The summed E-state index contributed by atoms with van der Waals surface area (Å²) in [6, 6.07) is 14.7. The normalized spacial score (nSPS) is 21.9. The van der Waals surface area contributed by atoms with Crippen molar-refractivity contribution in [1.29, 1.82) is 0 Å². The predicted molar refractivity (Wildman–Crippen MR) is 133 cm³/mol. The highest BCUT2D eigenvalue weighted by Crippen LogP contribution is 2.45. The quantitative estimate of drug-likeness (QED) is 0.386. The fraction of sp³-hybridized carbons (Fsp3) is 0.379. The van der Waals surface area contributed by atoms with Crippen LogP contribution >= 0.6 is 0 Å². The molecule has 2 atom stereocenters. The van der Waals surface area contributed by atoms with Crippen molar-refractivity contribution in [3.05, 3.63) is 71.7 Å². The summed E-state index contributed by atoms with van der Waals surface area (Å²) in [5, 5.41) is 1.03. The summed E-state index contributed by atoms with van der Waals surface area (Å²) in [4.78, 5) is 16.9. The molecule has 2 aliphatic rings. The average Bonchev–Trinajstić information content (AvgIpc) is 3.67. The molecule has 5 nitrogen and oxygen atoms in total. The molecule has 3 aromatic rings. The molecule has 35 heavy (non-hydrogen) atoms. The van der Waals surface area contributed by atoms with Gasteiger partial charge in [0.1, 0.15) is 5.82 Å². The first-order valence-electron chi connectivity index (χ1n) is 12.1. The van der Waals surface area contributed by atoms with Crippen molar-refractivity contribution in [2.45, 2.75) is 63.4 Å². The van der Waals surface area contributed by atoms with E-state index in [1.165, 1.54) is 19.2 Å². The van der Waals surface area contributed by atoms with Gasteiger partial charge in [-0.25, -0.2) is 4.39 Å². The highest BCUT2D eigenvalue weighted by atomic mass is 19.1. The Hall–Kier alpha value is -3.09. The number of pyridine rings is 1. The molecule has 182 valence electrons. The molecule has 1 unspecified atom stereocenters. The lowest BCUT2D eigenvalue weighted by Gasteiger charge is -2.39.